The molecule has 84 valence electrons. The SMILES string of the molecule is CCOCc1c(C(=O)OC)nn(C)c1N. The molecule has 0 aliphatic rings. The van der Waals surface area contributed by atoms with Gasteiger partial charge in [0.2, 0.25) is 0 Å². The maximum Gasteiger partial charge on any atom is 0.359 e. The number of methoxy groups -OCH3 is 1. The van der Waals surface area contributed by atoms with Crippen molar-refractivity contribution in [3.63, 3.8) is 0 Å². The van der Waals surface area contributed by atoms with Gasteiger partial charge in [0.25, 0.3) is 0 Å². The predicted octanol–water partition coefficient (Wildman–Crippen LogP) is 0.325. The zero-order chi connectivity index (χ0) is 11.4. The van der Waals surface area contributed by atoms with E-state index in [0.29, 0.717) is 18.0 Å². The number of esters is 1. The van der Waals surface area contributed by atoms with Crippen LogP contribution in [0.4, 0.5) is 5.82 Å². The molecule has 1 aromatic rings. The molecule has 0 aromatic carbocycles. The van der Waals surface area contributed by atoms with Gasteiger partial charge < -0.3 is 15.2 Å². The zero-order valence-corrected chi connectivity index (χ0v) is 9.11. The van der Waals surface area contributed by atoms with E-state index in [1.165, 1.54) is 11.8 Å². The number of hydrogen-bond donors (Lipinski definition) is 1. The number of nitrogen functional groups attached to an aromatic ring is 1. The van der Waals surface area contributed by atoms with Crippen molar-refractivity contribution in [2.24, 2.45) is 7.05 Å². The third-order valence-corrected chi connectivity index (χ3v) is 2.02. The first kappa shape index (κ1) is 11.5. The largest absolute Gasteiger partial charge is 0.464 e. The van der Waals surface area contributed by atoms with Crippen molar-refractivity contribution in [3.8, 4) is 0 Å². The monoisotopic (exact) mass is 213 g/mol. The number of anilines is 1. The summed E-state index contributed by atoms with van der Waals surface area (Å²) in [6.07, 6.45) is 0. The van der Waals surface area contributed by atoms with E-state index < -0.39 is 5.97 Å². The van der Waals surface area contributed by atoms with Gasteiger partial charge in [-0.15, -0.1) is 0 Å². The second kappa shape index (κ2) is 4.79. The van der Waals surface area contributed by atoms with Gasteiger partial charge in [-0.3, -0.25) is 4.68 Å². The molecule has 6 nitrogen and oxygen atoms in total. The van der Waals surface area contributed by atoms with Gasteiger partial charge in [0.1, 0.15) is 5.82 Å². The molecule has 2 N–H and O–H groups in total. The molecule has 1 aromatic heterocycles. The summed E-state index contributed by atoms with van der Waals surface area (Å²) in [4.78, 5) is 11.4. The fraction of sp³-hybridized carbons (Fsp3) is 0.556. The molecule has 0 saturated heterocycles. The van der Waals surface area contributed by atoms with Crippen LogP contribution in [0.25, 0.3) is 0 Å². The first-order valence-corrected chi connectivity index (χ1v) is 4.59. The summed E-state index contributed by atoms with van der Waals surface area (Å²) >= 11 is 0. The quantitative estimate of drug-likeness (QED) is 0.729. The number of hydrogen-bond acceptors (Lipinski definition) is 5. The molecule has 0 saturated carbocycles. The third kappa shape index (κ3) is 2.27. The van der Waals surface area contributed by atoms with E-state index in [0.717, 1.165) is 0 Å². The summed E-state index contributed by atoms with van der Waals surface area (Å²) in [6.45, 7) is 2.68. The molecule has 0 atom stereocenters. The van der Waals surface area contributed by atoms with Crippen molar-refractivity contribution in [3.05, 3.63) is 11.3 Å². The van der Waals surface area contributed by atoms with Crippen LogP contribution >= 0.6 is 0 Å². The van der Waals surface area contributed by atoms with Crippen LogP contribution in [0.15, 0.2) is 0 Å². The van der Waals surface area contributed by atoms with Gasteiger partial charge in [-0.05, 0) is 6.92 Å². The number of aryl methyl sites for hydroxylation is 1. The number of rotatable bonds is 4. The van der Waals surface area contributed by atoms with E-state index in [2.05, 4.69) is 9.84 Å². The second-order valence-electron chi connectivity index (χ2n) is 2.96. The summed E-state index contributed by atoms with van der Waals surface area (Å²) in [5.41, 5.74) is 6.54. The Kier molecular flexibility index (Phi) is 3.68. The molecule has 0 spiro atoms. The van der Waals surface area contributed by atoms with Crippen LogP contribution in [-0.2, 0) is 23.1 Å². The Labute approximate surface area is 88.0 Å². The molecule has 0 amide bonds. The van der Waals surface area contributed by atoms with Gasteiger partial charge in [-0.25, -0.2) is 4.79 Å². The standard InChI is InChI=1S/C9H15N3O3/c1-4-15-5-6-7(9(13)14-3)11-12(2)8(6)10/h4-5,10H2,1-3H3. The summed E-state index contributed by atoms with van der Waals surface area (Å²) in [5, 5.41) is 3.97. The lowest BCUT2D eigenvalue weighted by Crippen LogP contribution is -2.07. The van der Waals surface area contributed by atoms with Crippen molar-refractivity contribution in [2.75, 3.05) is 19.5 Å². The number of carbonyl (C=O) groups excluding carboxylic acids is 1. The van der Waals surface area contributed by atoms with Crippen LogP contribution in [0, 0.1) is 0 Å². The van der Waals surface area contributed by atoms with Crippen molar-refractivity contribution in [2.45, 2.75) is 13.5 Å². The predicted molar refractivity (Wildman–Crippen MR) is 54.3 cm³/mol. The van der Waals surface area contributed by atoms with Gasteiger partial charge >= 0.3 is 5.97 Å². The summed E-state index contributed by atoms with van der Waals surface area (Å²) < 4.78 is 11.2. The number of ether oxygens (including phenoxy) is 2. The van der Waals surface area contributed by atoms with E-state index in [4.69, 9.17) is 10.5 Å². The lowest BCUT2D eigenvalue weighted by Gasteiger charge is -2.02. The van der Waals surface area contributed by atoms with Crippen LogP contribution in [0.5, 0.6) is 0 Å². The normalized spacial score (nSPS) is 10.3. The molecular formula is C9H15N3O3. The molecule has 15 heavy (non-hydrogen) atoms. The Hall–Kier alpha value is -1.56. The van der Waals surface area contributed by atoms with E-state index in [9.17, 15) is 4.79 Å². The summed E-state index contributed by atoms with van der Waals surface area (Å²) in [6, 6.07) is 0. The molecule has 0 bridgehead atoms. The minimum absolute atomic E-state index is 0.214. The molecule has 1 rings (SSSR count). The highest BCUT2D eigenvalue weighted by Crippen LogP contribution is 2.17. The maximum absolute atomic E-state index is 11.4. The smallest absolute Gasteiger partial charge is 0.359 e. The van der Waals surface area contributed by atoms with Gasteiger partial charge in [0, 0.05) is 13.7 Å². The van der Waals surface area contributed by atoms with E-state index >= 15 is 0 Å². The number of nitrogens with two attached hydrogens (primary N) is 1. The molecular weight excluding hydrogens is 198 g/mol. The first-order chi connectivity index (χ1) is 7.11. The lowest BCUT2D eigenvalue weighted by atomic mass is 10.2. The molecule has 0 aliphatic heterocycles. The maximum atomic E-state index is 11.4. The molecule has 0 aliphatic carbocycles. The fourth-order valence-electron chi connectivity index (χ4n) is 1.19. The third-order valence-electron chi connectivity index (χ3n) is 2.02. The Morgan fingerprint density at radius 3 is 2.80 bits per heavy atom. The highest BCUT2D eigenvalue weighted by atomic mass is 16.5. The van der Waals surface area contributed by atoms with Gasteiger partial charge in [-0.1, -0.05) is 0 Å². The lowest BCUT2D eigenvalue weighted by molar-refractivity contribution is 0.0586. The van der Waals surface area contributed by atoms with Crippen molar-refractivity contribution in [1.82, 2.24) is 9.78 Å². The Bertz CT molecular complexity index is 360. The van der Waals surface area contributed by atoms with Crippen LogP contribution in [0.1, 0.15) is 23.0 Å². The molecule has 0 fully saturated rings. The average molecular weight is 213 g/mol. The topological polar surface area (TPSA) is 79.4 Å². The Morgan fingerprint density at radius 2 is 2.27 bits per heavy atom. The average Bonchev–Trinajstić information content (AvgIpc) is 2.52. The Balaban J connectivity index is 3.03. The second-order valence-corrected chi connectivity index (χ2v) is 2.96. The molecule has 6 heteroatoms. The highest BCUT2D eigenvalue weighted by Gasteiger charge is 2.20. The Morgan fingerprint density at radius 1 is 1.60 bits per heavy atom. The van der Waals surface area contributed by atoms with Crippen molar-refractivity contribution < 1.29 is 14.3 Å². The van der Waals surface area contributed by atoms with Gasteiger partial charge in [-0.2, -0.15) is 5.10 Å². The number of aromatic nitrogens is 2. The van der Waals surface area contributed by atoms with Crippen LogP contribution < -0.4 is 5.73 Å². The van der Waals surface area contributed by atoms with Gasteiger partial charge in [0.05, 0.1) is 19.3 Å². The summed E-state index contributed by atoms with van der Waals surface area (Å²) in [5.74, 6) is -0.0825. The van der Waals surface area contributed by atoms with E-state index in [-0.39, 0.29) is 12.3 Å². The van der Waals surface area contributed by atoms with Crippen LogP contribution in [0.3, 0.4) is 0 Å². The fourth-order valence-corrected chi connectivity index (χ4v) is 1.19. The first-order valence-electron chi connectivity index (χ1n) is 4.59. The van der Waals surface area contributed by atoms with Gasteiger partial charge in [0.15, 0.2) is 5.69 Å². The minimum atomic E-state index is -0.503. The highest BCUT2D eigenvalue weighted by molar-refractivity contribution is 5.90. The molecule has 0 radical (unpaired) electrons. The van der Waals surface area contributed by atoms with Crippen molar-refractivity contribution in [1.29, 1.82) is 0 Å². The number of carbonyl (C=O) groups is 1. The van der Waals surface area contributed by atoms with E-state index in [1.807, 2.05) is 6.92 Å². The van der Waals surface area contributed by atoms with Crippen molar-refractivity contribution >= 4 is 11.8 Å². The van der Waals surface area contributed by atoms with E-state index in [1.54, 1.807) is 7.05 Å². The molecule has 1 heterocycles. The zero-order valence-electron chi connectivity index (χ0n) is 9.11. The number of nitrogens with zero attached hydrogens (tertiary/aromatic N) is 2. The minimum Gasteiger partial charge on any atom is -0.464 e. The molecule has 0 unspecified atom stereocenters. The van der Waals surface area contributed by atoms with Crippen LogP contribution in [-0.4, -0.2) is 29.5 Å². The van der Waals surface area contributed by atoms with Crippen LogP contribution in [0.2, 0.25) is 0 Å². The summed E-state index contributed by atoms with van der Waals surface area (Å²) in [7, 11) is 2.97.